The van der Waals surface area contributed by atoms with Crippen molar-refractivity contribution in [1.29, 1.82) is 0 Å². The highest BCUT2D eigenvalue weighted by atomic mass is 16.5. The van der Waals surface area contributed by atoms with E-state index in [1.807, 2.05) is 0 Å². The van der Waals surface area contributed by atoms with Crippen LogP contribution in [0.4, 0.5) is 0 Å². The molecule has 0 bridgehead atoms. The number of carbonyl (C=O) groups is 2. The smallest absolute Gasteiger partial charge is 0.356 e. The van der Waals surface area contributed by atoms with Gasteiger partial charge in [-0.15, -0.1) is 0 Å². The first-order valence-electron chi connectivity index (χ1n) is 14.0. The van der Waals surface area contributed by atoms with Crippen molar-refractivity contribution in [2.75, 3.05) is 13.2 Å². The predicted octanol–water partition coefficient (Wildman–Crippen LogP) is 8.46. The van der Waals surface area contributed by atoms with E-state index in [2.05, 4.69) is 18.8 Å². The van der Waals surface area contributed by atoms with Crippen molar-refractivity contribution in [2.45, 2.75) is 129 Å². The lowest BCUT2D eigenvalue weighted by Crippen LogP contribution is -2.13. The van der Waals surface area contributed by atoms with Crippen molar-refractivity contribution >= 4 is 11.9 Å². The Morgan fingerprint density at radius 3 is 1.24 bits per heavy atom. The highest BCUT2D eigenvalue weighted by Gasteiger charge is 2.14. The van der Waals surface area contributed by atoms with Crippen molar-refractivity contribution in [3.63, 3.8) is 0 Å². The molecule has 0 aliphatic heterocycles. The molecule has 194 valence electrons. The Bertz CT molecular complexity index is 647. The summed E-state index contributed by atoms with van der Waals surface area (Å²) < 4.78 is 10.6. The van der Waals surface area contributed by atoms with E-state index in [4.69, 9.17) is 9.47 Å². The van der Waals surface area contributed by atoms with Crippen LogP contribution < -0.4 is 0 Å². The molecule has 1 aromatic heterocycles. The van der Waals surface area contributed by atoms with Crippen LogP contribution in [0.25, 0.3) is 0 Å². The second kappa shape index (κ2) is 21.6. The molecule has 1 aromatic rings. The van der Waals surface area contributed by atoms with E-state index in [0.29, 0.717) is 13.2 Å². The molecule has 0 radical (unpaired) electrons. The lowest BCUT2D eigenvalue weighted by atomic mass is 10.0. The number of carbonyl (C=O) groups excluding carboxylic acids is 2. The van der Waals surface area contributed by atoms with Gasteiger partial charge in [0.25, 0.3) is 0 Å². The van der Waals surface area contributed by atoms with Crippen LogP contribution in [0.3, 0.4) is 0 Å². The summed E-state index contributed by atoms with van der Waals surface area (Å²) in [5.74, 6) is -0.963. The summed E-state index contributed by atoms with van der Waals surface area (Å²) in [5, 5.41) is 0. The normalized spacial score (nSPS) is 10.9. The Hall–Kier alpha value is -1.91. The zero-order valence-corrected chi connectivity index (χ0v) is 22.0. The molecule has 5 heteroatoms. The van der Waals surface area contributed by atoms with Crippen molar-refractivity contribution in [2.24, 2.45) is 0 Å². The number of pyridine rings is 1. The van der Waals surface area contributed by atoms with Gasteiger partial charge in [-0.3, -0.25) is 0 Å². The van der Waals surface area contributed by atoms with Gasteiger partial charge in [0.05, 0.1) is 13.2 Å². The SMILES string of the molecule is CCCCCCCCCCCCCCCOC(=O)c1cccc(C(=O)OCCCCCCC)n1. The van der Waals surface area contributed by atoms with Crippen LogP contribution >= 0.6 is 0 Å². The minimum Gasteiger partial charge on any atom is -0.461 e. The maximum atomic E-state index is 12.3. The first-order chi connectivity index (χ1) is 16.7. The van der Waals surface area contributed by atoms with Crippen molar-refractivity contribution < 1.29 is 19.1 Å². The van der Waals surface area contributed by atoms with Crippen LogP contribution in [0.2, 0.25) is 0 Å². The fraction of sp³-hybridized carbons (Fsp3) is 0.759. The molecular weight excluding hydrogens is 426 g/mol. The van der Waals surface area contributed by atoms with Gasteiger partial charge in [0.15, 0.2) is 0 Å². The minimum atomic E-state index is -0.485. The van der Waals surface area contributed by atoms with Crippen LogP contribution in [0.15, 0.2) is 18.2 Å². The predicted molar refractivity (Wildman–Crippen MR) is 139 cm³/mol. The summed E-state index contributed by atoms with van der Waals surface area (Å²) in [6, 6.07) is 4.79. The van der Waals surface area contributed by atoms with Gasteiger partial charge in [-0.25, -0.2) is 14.6 Å². The number of hydrogen-bond donors (Lipinski definition) is 0. The van der Waals surface area contributed by atoms with Gasteiger partial charge in [-0.05, 0) is 25.0 Å². The van der Waals surface area contributed by atoms with E-state index in [9.17, 15) is 9.59 Å². The third-order valence-corrected chi connectivity index (χ3v) is 6.13. The average molecular weight is 476 g/mol. The zero-order chi connectivity index (χ0) is 24.7. The van der Waals surface area contributed by atoms with Gasteiger partial charge in [0.1, 0.15) is 11.4 Å². The average Bonchev–Trinajstić information content (AvgIpc) is 2.86. The Kier molecular flexibility index (Phi) is 19.1. The molecule has 0 amide bonds. The topological polar surface area (TPSA) is 65.5 Å². The number of unbranched alkanes of at least 4 members (excludes halogenated alkanes) is 16. The molecule has 0 spiro atoms. The summed E-state index contributed by atoms with van der Waals surface area (Å²) in [5.41, 5.74) is 0.316. The molecule has 1 rings (SSSR count). The lowest BCUT2D eigenvalue weighted by Gasteiger charge is -2.07. The zero-order valence-electron chi connectivity index (χ0n) is 22.0. The molecule has 0 N–H and O–H groups in total. The molecule has 0 saturated carbocycles. The fourth-order valence-corrected chi connectivity index (χ4v) is 3.97. The van der Waals surface area contributed by atoms with E-state index in [0.717, 1.165) is 32.1 Å². The van der Waals surface area contributed by atoms with Gasteiger partial charge < -0.3 is 9.47 Å². The summed E-state index contributed by atoms with van der Waals surface area (Å²) in [4.78, 5) is 28.6. The Balaban J connectivity index is 2.07. The summed E-state index contributed by atoms with van der Waals surface area (Å²) >= 11 is 0. The molecule has 0 atom stereocenters. The molecule has 1 heterocycles. The van der Waals surface area contributed by atoms with Crippen LogP contribution in [-0.4, -0.2) is 30.1 Å². The maximum absolute atomic E-state index is 12.3. The third kappa shape index (κ3) is 15.8. The molecule has 0 saturated heterocycles. The van der Waals surface area contributed by atoms with Crippen LogP contribution in [0.1, 0.15) is 150 Å². The van der Waals surface area contributed by atoms with E-state index in [-0.39, 0.29) is 11.4 Å². The molecule has 0 unspecified atom stereocenters. The molecule has 0 fully saturated rings. The Labute approximate surface area is 208 Å². The monoisotopic (exact) mass is 475 g/mol. The second-order valence-corrected chi connectivity index (χ2v) is 9.34. The van der Waals surface area contributed by atoms with Crippen molar-refractivity contribution in [3.05, 3.63) is 29.6 Å². The number of rotatable bonds is 22. The number of aromatic nitrogens is 1. The maximum Gasteiger partial charge on any atom is 0.356 e. The van der Waals surface area contributed by atoms with Crippen LogP contribution in [0.5, 0.6) is 0 Å². The van der Waals surface area contributed by atoms with E-state index >= 15 is 0 Å². The summed E-state index contributed by atoms with van der Waals surface area (Å²) in [6.45, 7) is 5.21. The lowest BCUT2D eigenvalue weighted by molar-refractivity contribution is 0.0482. The van der Waals surface area contributed by atoms with Crippen LogP contribution in [-0.2, 0) is 9.47 Å². The van der Waals surface area contributed by atoms with Gasteiger partial charge in [-0.2, -0.15) is 0 Å². The molecule has 5 nitrogen and oxygen atoms in total. The first-order valence-corrected chi connectivity index (χ1v) is 14.0. The van der Waals surface area contributed by atoms with E-state index in [1.165, 1.54) is 83.5 Å². The molecule has 0 aromatic carbocycles. The quantitative estimate of drug-likeness (QED) is 0.124. The Morgan fingerprint density at radius 1 is 0.559 bits per heavy atom. The van der Waals surface area contributed by atoms with Gasteiger partial charge in [0, 0.05) is 0 Å². The van der Waals surface area contributed by atoms with Gasteiger partial charge in [-0.1, -0.05) is 123 Å². The number of hydrogen-bond acceptors (Lipinski definition) is 5. The Morgan fingerprint density at radius 2 is 0.882 bits per heavy atom. The minimum absolute atomic E-state index is 0.156. The fourth-order valence-electron chi connectivity index (χ4n) is 3.97. The third-order valence-electron chi connectivity index (χ3n) is 6.13. The standard InChI is InChI=1S/C29H49NO4/c1-3-5-7-9-10-11-12-13-14-15-16-18-20-25-34-29(32)27-23-21-22-26(30-27)28(31)33-24-19-17-8-6-4-2/h21-23H,3-20,24-25H2,1-2H3. The number of nitrogens with zero attached hydrogens (tertiary/aromatic N) is 1. The molecule has 34 heavy (non-hydrogen) atoms. The summed E-state index contributed by atoms with van der Waals surface area (Å²) in [7, 11) is 0. The largest absolute Gasteiger partial charge is 0.461 e. The van der Waals surface area contributed by atoms with E-state index < -0.39 is 11.9 Å². The highest BCUT2D eigenvalue weighted by molar-refractivity contribution is 5.91. The van der Waals surface area contributed by atoms with Gasteiger partial charge in [0.2, 0.25) is 0 Å². The number of ether oxygens (including phenoxy) is 2. The van der Waals surface area contributed by atoms with Gasteiger partial charge >= 0.3 is 11.9 Å². The summed E-state index contributed by atoms with van der Waals surface area (Å²) in [6.07, 6.45) is 22.1. The molecule has 0 aliphatic rings. The van der Waals surface area contributed by atoms with Crippen LogP contribution in [0, 0.1) is 0 Å². The highest BCUT2D eigenvalue weighted by Crippen LogP contribution is 2.13. The van der Waals surface area contributed by atoms with Crippen molar-refractivity contribution in [1.82, 2.24) is 4.98 Å². The first kappa shape index (κ1) is 30.1. The number of esters is 2. The molecule has 0 aliphatic carbocycles. The molecular formula is C29H49NO4. The van der Waals surface area contributed by atoms with Crippen molar-refractivity contribution in [3.8, 4) is 0 Å². The second-order valence-electron chi connectivity index (χ2n) is 9.34. The van der Waals surface area contributed by atoms with E-state index in [1.54, 1.807) is 18.2 Å².